The molecule has 0 spiro atoms. The minimum Gasteiger partial charge on any atom is -0.467 e. The van der Waals surface area contributed by atoms with Gasteiger partial charge in [0.05, 0.1) is 37.4 Å². The number of Topliss-reactive ketones (excluding diaryl/α,β-unsaturated/α-hetero) is 1. The number of likely N-dealkylation sites (N-methyl/N-ethyl adjacent to an activating group) is 1. The van der Waals surface area contributed by atoms with Crippen LogP contribution in [0.4, 0.5) is 0 Å². The Bertz CT molecular complexity index is 1180. The molecule has 0 bridgehead atoms. The van der Waals surface area contributed by atoms with Crippen LogP contribution in [0.2, 0.25) is 0 Å². The predicted molar refractivity (Wildman–Crippen MR) is 174 cm³/mol. The van der Waals surface area contributed by atoms with Gasteiger partial charge in [0.25, 0.3) is 0 Å². The van der Waals surface area contributed by atoms with Crippen molar-refractivity contribution in [3.8, 4) is 0 Å². The van der Waals surface area contributed by atoms with E-state index in [-0.39, 0.29) is 62.9 Å². The zero-order chi connectivity index (χ0) is 35.0. The van der Waals surface area contributed by atoms with Gasteiger partial charge in [-0.15, -0.1) is 0 Å². The summed E-state index contributed by atoms with van der Waals surface area (Å²) in [5.41, 5.74) is 26.4. The first-order valence-corrected chi connectivity index (χ1v) is 17.0. The Kier molecular flexibility index (Phi) is 11.7. The first kappa shape index (κ1) is 37.3. The van der Waals surface area contributed by atoms with Gasteiger partial charge in [0, 0.05) is 31.3 Å². The number of hydrogen-bond donors (Lipinski definition) is 11. The van der Waals surface area contributed by atoms with Crippen molar-refractivity contribution in [2.45, 2.75) is 130 Å². The Morgan fingerprint density at radius 3 is 2.40 bits per heavy atom. The van der Waals surface area contributed by atoms with Crippen LogP contribution >= 0.6 is 0 Å². The molecule has 48 heavy (non-hydrogen) atoms. The topological polar surface area (TPSA) is 301 Å². The van der Waals surface area contributed by atoms with E-state index in [1.165, 1.54) is 6.92 Å². The molecule has 2 aliphatic heterocycles. The number of nitrogens with one attached hydrogen (secondary N) is 2. The van der Waals surface area contributed by atoms with Crippen LogP contribution in [-0.4, -0.2) is 137 Å². The molecule has 0 amide bonds. The highest BCUT2D eigenvalue weighted by atomic mass is 16.7. The van der Waals surface area contributed by atoms with Crippen LogP contribution in [0.15, 0.2) is 16.8 Å². The van der Waals surface area contributed by atoms with Crippen molar-refractivity contribution in [3.05, 3.63) is 11.8 Å². The van der Waals surface area contributed by atoms with E-state index in [1.807, 2.05) is 6.08 Å². The van der Waals surface area contributed by atoms with E-state index in [0.717, 1.165) is 19.4 Å². The molecule has 0 radical (unpaired) electrons. The average molecular weight is 685 g/mol. The SMILES string of the molecule is CN[C@@H]1[C@@H](O)[C@@H](O[C@H]2[C@H](CC(=O)C3(O)CC(N=C(N)N)C3)C[C@H](N)C(O[C@H]3OC(CN)=CC[C@H]3NCC3CC(N)C3)[C@@H]2O)OC[C@]1(C)O. The second-order valence-corrected chi connectivity index (χ2v) is 14.6. The smallest absolute Gasteiger partial charge is 0.215 e. The lowest BCUT2D eigenvalue weighted by Crippen LogP contribution is -2.67. The minimum absolute atomic E-state index is 0.0584. The summed E-state index contributed by atoms with van der Waals surface area (Å²) in [6, 6.07) is -2.00. The fraction of sp³-hybridized carbons (Fsp3) is 0.871. The fourth-order valence-electron chi connectivity index (χ4n) is 7.82. The lowest BCUT2D eigenvalue weighted by molar-refractivity contribution is -0.308. The molecule has 4 fully saturated rings. The maximum atomic E-state index is 13.5. The summed E-state index contributed by atoms with van der Waals surface area (Å²) < 4.78 is 24.6. The quantitative estimate of drug-likeness (QED) is 0.0649. The van der Waals surface area contributed by atoms with Gasteiger partial charge in [0.1, 0.15) is 35.3 Å². The Labute approximate surface area is 280 Å². The third-order valence-corrected chi connectivity index (χ3v) is 10.6. The van der Waals surface area contributed by atoms with E-state index in [1.54, 1.807) is 7.05 Å². The molecular formula is C31H56N8O9. The highest BCUT2D eigenvalue weighted by Crippen LogP contribution is 2.41. The lowest BCUT2D eigenvalue weighted by atomic mass is 9.69. The number of hydrogen-bond acceptors (Lipinski definition) is 15. The van der Waals surface area contributed by atoms with Crippen molar-refractivity contribution >= 4 is 11.7 Å². The molecule has 5 rings (SSSR count). The maximum Gasteiger partial charge on any atom is 0.215 e. The zero-order valence-corrected chi connectivity index (χ0v) is 27.8. The standard InChI is InChI=1S/C31H56N8O9/c1-30(43)13-45-28(23(42)26(30)37-2)47-24-15(8-21(40)31(44)9-17(10-31)39-29(35)36)7-19(34)25(22(24)41)48-27-20(4-3-18(11-32)46-27)38-12-14-5-16(33)6-14/h3,14-17,19-20,22-28,37-38,41-44H,4-13,32-34H2,1-2H3,(H4,35,36,39)/t14?,15-,16?,17?,19-,20+,22+,23+,24-,25?,26+,27+,28+,30-,31?/m0/s1. The maximum absolute atomic E-state index is 13.5. The Morgan fingerprint density at radius 2 is 1.77 bits per heavy atom. The minimum atomic E-state index is -1.64. The number of ether oxygens (including phenoxy) is 4. The van der Waals surface area contributed by atoms with Gasteiger partial charge in [-0.1, -0.05) is 0 Å². The number of nitrogens with zero attached hydrogens (tertiary/aromatic N) is 1. The molecule has 274 valence electrons. The summed E-state index contributed by atoms with van der Waals surface area (Å²) in [7, 11) is 1.59. The van der Waals surface area contributed by atoms with Crippen LogP contribution in [-0.2, 0) is 23.7 Å². The van der Waals surface area contributed by atoms with E-state index in [9.17, 15) is 25.2 Å². The summed E-state index contributed by atoms with van der Waals surface area (Å²) in [4.78, 5) is 17.5. The van der Waals surface area contributed by atoms with Gasteiger partial charge in [-0.2, -0.15) is 0 Å². The first-order chi connectivity index (χ1) is 22.6. The normalized spacial score (nSPS) is 46.0. The summed E-state index contributed by atoms with van der Waals surface area (Å²) in [6.45, 7) is 2.25. The highest BCUT2D eigenvalue weighted by Gasteiger charge is 2.54. The van der Waals surface area contributed by atoms with Crippen LogP contribution in [0, 0.1) is 11.8 Å². The number of guanidine groups is 1. The number of carbonyl (C=O) groups excluding carboxylic acids is 1. The number of rotatable bonds is 13. The van der Waals surface area contributed by atoms with Gasteiger partial charge >= 0.3 is 0 Å². The zero-order valence-electron chi connectivity index (χ0n) is 27.8. The molecule has 17 nitrogen and oxygen atoms in total. The second kappa shape index (κ2) is 15.1. The monoisotopic (exact) mass is 684 g/mol. The molecule has 1 saturated heterocycles. The molecule has 0 aromatic carbocycles. The molecular weight excluding hydrogens is 628 g/mol. The number of aliphatic imine (C=N–C) groups is 1. The van der Waals surface area contributed by atoms with Gasteiger partial charge in [0.15, 0.2) is 18.0 Å². The van der Waals surface area contributed by atoms with Crippen molar-refractivity contribution in [3.63, 3.8) is 0 Å². The molecule has 5 aliphatic rings. The summed E-state index contributed by atoms with van der Waals surface area (Å²) >= 11 is 0. The van der Waals surface area contributed by atoms with Crippen molar-refractivity contribution < 1.29 is 44.2 Å². The van der Waals surface area contributed by atoms with Crippen LogP contribution in [0.1, 0.15) is 51.9 Å². The number of aliphatic hydroxyl groups excluding tert-OH is 2. The van der Waals surface area contributed by atoms with Crippen LogP contribution in [0.3, 0.4) is 0 Å². The summed E-state index contributed by atoms with van der Waals surface area (Å²) in [6.07, 6.45) is -2.50. The van der Waals surface area contributed by atoms with Gasteiger partial charge in [-0.05, 0) is 64.1 Å². The molecule has 11 atom stereocenters. The van der Waals surface area contributed by atoms with E-state index in [4.69, 9.17) is 47.6 Å². The summed E-state index contributed by atoms with van der Waals surface area (Å²) in [5.74, 6) is -0.278. The number of nitrogens with two attached hydrogens (primary N) is 5. The van der Waals surface area contributed by atoms with Crippen molar-refractivity contribution in [2.24, 2.45) is 45.5 Å². The molecule has 17 heteroatoms. The molecule has 3 aliphatic carbocycles. The predicted octanol–water partition coefficient (Wildman–Crippen LogP) is -4.07. The number of aliphatic hydroxyl groups is 4. The van der Waals surface area contributed by atoms with Crippen molar-refractivity contribution in [1.82, 2.24) is 10.6 Å². The van der Waals surface area contributed by atoms with E-state index >= 15 is 0 Å². The third-order valence-electron chi connectivity index (χ3n) is 10.6. The molecule has 1 unspecified atom stereocenters. The van der Waals surface area contributed by atoms with Gasteiger partial charge in [-0.25, -0.2) is 0 Å². The van der Waals surface area contributed by atoms with Gasteiger partial charge < -0.3 is 78.7 Å². The Balaban J connectivity index is 1.33. The van der Waals surface area contributed by atoms with Crippen LogP contribution in [0.25, 0.3) is 0 Å². The number of carbonyl (C=O) groups is 1. The molecule has 2 heterocycles. The van der Waals surface area contributed by atoms with Crippen LogP contribution < -0.4 is 39.3 Å². The van der Waals surface area contributed by atoms with E-state index in [2.05, 4.69) is 15.6 Å². The van der Waals surface area contributed by atoms with Gasteiger partial charge in [0.2, 0.25) is 6.29 Å². The van der Waals surface area contributed by atoms with Crippen molar-refractivity contribution in [2.75, 3.05) is 26.7 Å². The van der Waals surface area contributed by atoms with Gasteiger partial charge in [-0.3, -0.25) is 9.79 Å². The largest absolute Gasteiger partial charge is 0.467 e. The Hall–Kier alpha value is -2.00. The number of ketones is 1. The molecule has 0 aromatic rings. The Morgan fingerprint density at radius 1 is 1.08 bits per heavy atom. The van der Waals surface area contributed by atoms with Crippen molar-refractivity contribution in [1.29, 1.82) is 0 Å². The molecule has 16 N–H and O–H groups in total. The third kappa shape index (κ3) is 8.14. The summed E-state index contributed by atoms with van der Waals surface area (Å²) in [5, 5.41) is 51.3. The fourth-order valence-corrected chi connectivity index (χ4v) is 7.82. The van der Waals surface area contributed by atoms with E-state index in [0.29, 0.717) is 18.1 Å². The average Bonchev–Trinajstić information content (AvgIpc) is 2.99. The lowest BCUT2D eigenvalue weighted by Gasteiger charge is -2.49. The first-order valence-electron chi connectivity index (χ1n) is 17.0. The van der Waals surface area contributed by atoms with Crippen LogP contribution in [0.5, 0.6) is 0 Å². The second-order valence-electron chi connectivity index (χ2n) is 14.6. The molecule has 3 saturated carbocycles. The highest BCUT2D eigenvalue weighted by molar-refractivity contribution is 5.89. The van der Waals surface area contributed by atoms with E-state index < -0.39 is 72.0 Å². The molecule has 0 aromatic heterocycles.